The zero-order valence-corrected chi connectivity index (χ0v) is 18.8. The highest BCUT2D eigenvalue weighted by Gasteiger charge is 2.62. The van der Waals surface area contributed by atoms with Gasteiger partial charge in [-0.2, -0.15) is 0 Å². The molecule has 0 aromatic rings. The summed E-state index contributed by atoms with van der Waals surface area (Å²) in [6.45, 7) is 7.18. The largest absolute Gasteiger partial charge is 0.469 e. The fourth-order valence-corrected chi connectivity index (χ4v) is 8.64. The summed E-state index contributed by atoms with van der Waals surface area (Å²) in [7, 11) is 1.47. The Bertz CT molecular complexity index is 659. The maximum absolute atomic E-state index is 13.2. The summed E-state index contributed by atoms with van der Waals surface area (Å²) in [6, 6.07) is 0. The molecule has 4 saturated carbocycles. The molecule has 0 unspecified atom stereocenters. The molecule has 0 spiro atoms. The van der Waals surface area contributed by atoms with E-state index in [0.29, 0.717) is 53.6 Å². The van der Waals surface area contributed by atoms with Crippen LogP contribution in [0.15, 0.2) is 0 Å². The predicted octanol–water partition coefficient (Wildman–Crippen LogP) is 4.77. The average molecular weight is 405 g/mol. The first-order valence-electron chi connectivity index (χ1n) is 12.0. The van der Waals surface area contributed by atoms with Gasteiger partial charge in [-0.3, -0.25) is 9.59 Å². The SMILES string of the molecule is COC(=O)CC[C@@H](C)[C@H]1CC[C@H]2[C@@H]3CC(=O)[C@H]4C[C@@H](O)CC[C@]4(C)[C@H]3CC[C@]12C. The van der Waals surface area contributed by atoms with Gasteiger partial charge < -0.3 is 9.84 Å². The quantitative estimate of drug-likeness (QED) is 0.685. The summed E-state index contributed by atoms with van der Waals surface area (Å²) in [6.07, 6.45) is 9.39. The van der Waals surface area contributed by atoms with Crippen LogP contribution in [0.25, 0.3) is 0 Å². The number of aliphatic hydroxyl groups is 1. The number of aliphatic hydroxyl groups excluding tert-OH is 1. The van der Waals surface area contributed by atoms with Gasteiger partial charge in [0.15, 0.2) is 0 Å². The van der Waals surface area contributed by atoms with E-state index in [1.54, 1.807) is 0 Å². The number of rotatable bonds is 4. The van der Waals surface area contributed by atoms with Crippen molar-refractivity contribution in [3.63, 3.8) is 0 Å². The smallest absolute Gasteiger partial charge is 0.305 e. The average Bonchev–Trinajstić information content (AvgIpc) is 3.05. The van der Waals surface area contributed by atoms with Crippen LogP contribution in [0.3, 0.4) is 0 Å². The van der Waals surface area contributed by atoms with Gasteiger partial charge in [0.05, 0.1) is 13.2 Å². The first-order chi connectivity index (χ1) is 13.7. The lowest BCUT2D eigenvalue weighted by atomic mass is 9.44. The number of hydrogen-bond acceptors (Lipinski definition) is 4. The number of methoxy groups -OCH3 is 1. The van der Waals surface area contributed by atoms with Crippen molar-refractivity contribution in [1.82, 2.24) is 0 Å². The first kappa shape index (κ1) is 21.3. The molecule has 0 aliphatic heterocycles. The van der Waals surface area contributed by atoms with Crippen LogP contribution in [0.2, 0.25) is 0 Å². The molecular weight excluding hydrogens is 364 g/mol. The predicted molar refractivity (Wildman–Crippen MR) is 112 cm³/mol. The molecule has 0 aromatic heterocycles. The Labute approximate surface area is 176 Å². The Morgan fingerprint density at radius 1 is 1.14 bits per heavy atom. The van der Waals surface area contributed by atoms with E-state index in [0.717, 1.165) is 25.7 Å². The molecule has 0 radical (unpaired) electrons. The van der Waals surface area contributed by atoms with Crippen molar-refractivity contribution >= 4 is 11.8 Å². The normalized spacial score (nSPS) is 47.7. The Kier molecular flexibility index (Phi) is 5.63. The topological polar surface area (TPSA) is 63.6 Å². The van der Waals surface area contributed by atoms with E-state index >= 15 is 0 Å². The summed E-state index contributed by atoms with van der Waals surface area (Å²) in [5.74, 6) is 3.37. The Balaban J connectivity index is 1.52. The molecule has 4 fully saturated rings. The minimum Gasteiger partial charge on any atom is -0.469 e. The number of ether oxygens (including phenoxy) is 1. The van der Waals surface area contributed by atoms with Crippen LogP contribution in [0.5, 0.6) is 0 Å². The van der Waals surface area contributed by atoms with Gasteiger partial charge in [0.25, 0.3) is 0 Å². The third-order valence-corrected chi connectivity index (χ3v) is 10.2. The van der Waals surface area contributed by atoms with Crippen molar-refractivity contribution in [3.05, 3.63) is 0 Å². The molecule has 29 heavy (non-hydrogen) atoms. The lowest BCUT2D eigenvalue weighted by Crippen LogP contribution is -2.57. The number of carbonyl (C=O) groups is 2. The van der Waals surface area contributed by atoms with Crippen LogP contribution in [0.1, 0.15) is 85.0 Å². The number of hydrogen-bond donors (Lipinski definition) is 1. The second kappa shape index (κ2) is 7.66. The van der Waals surface area contributed by atoms with Gasteiger partial charge in [-0.05, 0) is 91.8 Å². The van der Waals surface area contributed by atoms with Gasteiger partial charge in [0.1, 0.15) is 5.78 Å². The monoisotopic (exact) mass is 404 g/mol. The van der Waals surface area contributed by atoms with E-state index in [-0.39, 0.29) is 23.4 Å². The van der Waals surface area contributed by atoms with Crippen LogP contribution in [-0.4, -0.2) is 30.1 Å². The summed E-state index contributed by atoms with van der Waals surface area (Å²) in [4.78, 5) is 24.8. The fraction of sp³-hybridized carbons (Fsp3) is 0.920. The number of fused-ring (bicyclic) bond motifs is 5. The molecule has 0 amide bonds. The first-order valence-corrected chi connectivity index (χ1v) is 12.0. The van der Waals surface area contributed by atoms with E-state index in [4.69, 9.17) is 4.74 Å². The Morgan fingerprint density at radius 3 is 2.55 bits per heavy atom. The highest BCUT2D eigenvalue weighted by atomic mass is 16.5. The second-order valence-corrected chi connectivity index (χ2v) is 11.4. The standard InChI is InChI=1S/C25H40O4/c1-15(5-8-23(28)29-4)18-6-7-19-17-14-22(27)21-13-16(26)9-11-25(21,3)20(17)10-12-24(18,19)2/h15-21,26H,5-14H2,1-4H3/t15-,16+,17+,18-,19+,20+,21-,24-,25-/m1/s1. The summed E-state index contributed by atoms with van der Waals surface area (Å²) in [5.41, 5.74) is 0.392. The molecule has 4 rings (SSSR count). The van der Waals surface area contributed by atoms with Crippen LogP contribution in [-0.2, 0) is 14.3 Å². The van der Waals surface area contributed by atoms with Crippen LogP contribution < -0.4 is 0 Å². The third-order valence-electron chi connectivity index (χ3n) is 10.2. The van der Waals surface area contributed by atoms with Gasteiger partial charge in [-0.15, -0.1) is 0 Å². The minimum absolute atomic E-state index is 0.0769. The molecule has 9 atom stereocenters. The molecular formula is C25H40O4. The summed E-state index contributed by atoms with van der Waals surface area (Å²) >= 11 is 0. The van der Waals surface area contributed by atoms with Crippen molar-refractivity contribution < 1.29 is 19.4 Å². The van der Waals surface area contributed by atoms with Gasteiger partial charge >= 0.3 is 5.97 Å². The highest BCUT2D eigenvalue weighted by Crippen LogP contribution is 2.67. The molecule has 1 N–H and O–H groups in total. The number of Topliss-reactive ketones (excluding diaryl/α,β-unsaturated/α-hetero) is 1. The number of carbonyl (C=O) groups excluding carboxylic acids is 2. The number of ketones is 1. The molecule has 164 valence electrons. The van der Waals surface area contributed by atoms with E-state index < -0.39 is 0 Å². The van der Waals surface area contributed by atoms with Gasteiger partial charge in [-0.1, -0.05) is 20.8 Å². The maximum Gasteiger partial charge on any atom is 0.305 e. The van der Waals surface area contributed by atoms with Crippen molar-refractivity contribution in [2.24, 2.45) is 46.3 Å². The molecule has 0 aromatic carbocycles. The lowest BCUT2D eigenvalue weighted by Gasteiger charge is -2.60. The summed E-state index contributed by atoms with van der Waals surface area (Å²) in [5, 5.41) is 10.2. The van der Waals surface area contributed by atoms with E-state index in [1.165, 1.54) is 32.8 Å². The molecule has 4 heteroatoms. The minimum atomic E-state index is -0.283. The van der Waals surface area contributed by atoms with Gasteiger partial charge in [0, 0.05) is 18.8 Å². The Hall–Kier alpha value is -0.900. The van der Waals surface area contributed by atoms with Crippen molar-refractivity contribution in [2.75, 3.05) is 7.11 Å². The molecule has 0 heterocycles. The molecule has 4 nitrogen and oxygen atoms in total. The third kappa shape index (κ3) is 3.38. The molecule has 4 aliphatic rings. The fourth-order valence-electron chi connectivity index (χ4n) is 8.64. The van der Waals surface area contributed by atoms with Crippen molar-refractivity contribution in [2.45, 2.75) is 91.1 Å². The van der Waals surface area contributed by atoms with Crippen molar-refractivity contribution in [3.8, 4) is 0 Å². The van der Waals surface area contributed by atoms with Gasteiger partial charge in [0.2, 0.25) is 0 Å². The Morgan fingerprint density at radius 2 is 1.83 bits per heavy atom. The molecule has 0 bridgehead atoms. The van der Waals surface area contributed by atoms with Crippen molar-refractivity contribution in [1.29, 1.82) is 0 Å². The molecule has 0 saturated heterocycles. The van der Waals surface area contributed by atoms with Crippen LogP contribution >= 0.6 is 0 Å². The second-order valence-electron chi connectivity index (χ2n) is 11.4. The van der Waals surface area contributed by atoms with E-state index in [2.05, 4.69) is 20.8 Å². The zero-order chi connectivity index (χ0) is 21.0. The van der Waals surface area contributed by atoms with E-state index in [1.807, 2.05) is 0 Å². The zero-order valence-electron chi connectivity index (χ0n) is 18.8. The molecule has 4 aliphatic carbocycles. The maximum atomic E-state index is 13.2. The highest BCUT2D eigenvalue weighted by molar-refractivity contribution is 5.83. The van der Waals surface area contributed by atoms with Gasteiger partial charge in [-0.25, -0.2) is 0 Å². The number of esters is 1. The van der Waals surface area contributed by atoms with Crippen LogP contribution in [0, 0.1) is 46.3 Å². The van der Waals surface area contributed by atoms with Crippen LogP contribution in [0.4, 0.5) is 0 Å². The summed E-state index contributed by atoms with van der Waals surface area (Å²) < 4.78 is 4.85. The van der Waals surface area contributed by atoms with E-state index in [9.17, 15) is 14.7 Å². The lowest BCUT2D eigenvalue weighted by molar-refractivity contribution is -0.160.